The van der Waals surface area contributed by atoms with Gasteiger partial charge in [-0.25, -0.2) is 9.18 Å². The molecule has 0 spiro atoms. The van der Waals surface area contributed by atoms with Gasteiger partial charge in [0.25, 0.3) is 0 Å². The number of benzene rings is 2. The van der Waals surface area contributed by atoms with E-state index in [1.807, 2.05) is 51.1 Å². The summed E-state index contributed by atoms with van der Waals surface area (Å²) in [6.07, 6.45) is -1.01. The Hall–Kier alpha value is -2.41. The molecule has 0 radical (unpaired) electrons. The lowest BCUT2D eigenvalue weighted by Crippen LogP contribution is -2.51. The van der Waals surface area contributed by atoms with E-state index in [-0.39, 0.29) is 18.9 Å². The lowest BCUT2D eigenvalue weighted by molar-refractivity contribution is -0.129. The highest BCUT2D eigenvalue weighted by Gasteiger charge is 2.52. The van der Waals surface area contributed by atoms with Crippen LogP contribution in [0.2, 0.25) is 0 Å². The number of amides is 2. The van der Waals surface area contributed by atoms with Crippen molar-refractivity contribution in [1.29, 1.82) is 0 Å². The minimum Gasteiger partial charge on any atom is -0.444 e. The molecule has 1 aliphatic rings. The third-order valence-electron chi connectivity index (χ3n) is 5.22. The van der Waals surface area contributed by atoms with Crippen molar-refractivity contribution in [2.24, 2.45) is 5.41 Å². The monoisotopic (exact) mass is 476 g/mol. The zero-order valence-corrected chi connectivity index (χ0v) is 19.1. The van der Waals surface area contributed by atoms with Crippen molar-refractivity contribution in [3.05, 3.63) is 69.9 Å². The van der Waals surface area contributed by atoms with Gasteiger partial charge in [-0.15, -0.1) is 0 Å². The first-order valence-corrected chi connectivity index (χ1v) is 10.6. The molecule has 0 aliphatic carbocycles. The van der Waals surface area contributed by atoms with Gasteiger partial charge >= 0.3 is 6.09 Å². The lowest BCUT2D eigenvalue weighted by Gasteiger charge is -2.38. The third-order valence-corrected chi connectivity index (χ3v) is 5.71. The summed E-state index contributed by atoms with van der Waals surface area (Å²) in [7, 11) is 1.67. The van der Waals surface area contributed by atoms with Crippen LogP contribution >= 0.6 is 15.9 Å². The van der Waals surface area contributed by atoms with E-state index in [1.165, 1.54) is 11.0 Å². The molecule has 0 N–H and O–H groups in total. The summed E-state index contributed by atoms with van der Waals surface area (Å²) in [6, 6.07) is 13.2. The van der Waals surface area contributed by atoms with E-state index >= 15 is 0 Å². The summed E-state index contributed by atoms with van der Waals surface area (Å²) in [5.74, 6) is -0.648. The second-order valence-electron chi connectivity index (χ2n) is 8.59. The predicted molar refractivity (Wildman–Crippen MR) is 116 cm³/mol. The van der Waals surface area contributed by atoms with Crippen molar-refractivity contribution in [3.63, 3.8) is 0 Å². The summed E-state index contributed by atoms with van der Waals surface area (Å²) in [6.45, 7) is 5.98. The number of carbonyl (C=O) groups is 2. The average molecular weight is 477 g/mol. The number of halogens is 2. The van der Waals surface area contributed by atoms with E-state index in [0.29, 0.717) is 10.0 Å². The van der Waals surface area contributed by atoms with Gasteiger partial charge in [-0.3, -0.25) is 9.69 Å². The Morgan fingerprint density at radius 2 is 1.83 bits per heavy atom. The van der Waals surface area contributed by atoms with Gasteiger partial charge in [0.1, 0.15) is 24.6 Å². The zero-order valence-electron chi connectivity index (χ0n) is 17.6. The number of rotatable bonds is 4. The van der Waals surface area contributed by atoms with E-state index in [1.54, 1.807) is 24.1 Å². The first-order valence-electron chi connectivity index (χ1n) is 9.79. The maximum atomic E-state index is 14.5. The molecule has 1 aliphatic heterocycles. The maximum Gasteiger partial charge on any atom is 0.412 e. The van der Waals surface area contributed by atoms with Crippen molar-refractivity contribution in [3.8, 4) is 0 Å². The first-order chi connectivity index (χ1) is 14.1. The van der Waals surface area contributed by atoms with Gasteiger partial charge in [0.15, 0.2) is 0 Å². The Morgan fingerprint density at radius 3 is 2.43 bits per heavy atom. The summed E-state index contributed by atoms with van der Waals surface area (Å²) in [4.78, 5) is 29.2. The van der Waals surface area contributed by atoms with Crippen molar-refractivity contribution < 1.29 is 18.7 Å². The lowest BCUT2D eigenvalue weighted by atomic mass is 9.91. The highest BCUT2D eigenvalue weighted by molar-refractivity contribution is 9.10. The molecule has 2 aromatic carbocycles. The van der Waals surface area contributed by atoms with Crippen molar-refractivity contribution in [1.82, 2.24) is 9.80 Å². The van der Waals surface area contributed by atoms with Crippen LogP contribution in [0, 0.1) is 11.2 Å². The second-order valence-corrected chi connectivity index (χ2v) is 9.51. The molecule has 2 amide bonds. The largest absolute Gasteiger partial charge is 0.444 e. The summed E-state index contributed by atoms with van der Waals surface area (Å²) in [5, 5.41) is 0. The molecule has 3 rings (SSSR count). The fourth-order valence-corrected chi connectivity index (χ4v) is 4.27. The van der Waals surface area contributed by atoms with E-state index in [2.05, 4.69) is 15.9 Å². The quantitative estimate of drug-likeness (QED) is 0.624. The second kappa shape index (κ2) is 8.76. The normalized spacial score (nSPS) is 19.3. The smallest absolute Gasteiger partial charge is 0.412 e. The van der Waals surface area contributed by atoms with E-state index in [9.17, 15) is 14.0 Å². The van der Waals surface area contributed by atoms with Gasteiger partial charge < -0.3 is 9.64 Å². The van der Waals surface area contributed by atoms with E-state index in [0.717, 1.165) is 5.56 Å². The standard InChI is InChI=1S/C23H26BrFN2O3/c1-23(2,3)21-26(4)20(28)19(12-16-10-11-17(24)13-18(16)25)27(21)22(29)30-14-15-8-6-5-7-9-15/h5-11,13,19,21H,12,14H2,1-4H3/t19-,21-/m0/s1. The molecule has 5 nitrogen and oxygen atoms in total. The van der Waals surface area contributed by atoms with Crippen LogP contribution in [0.25, 0.3) is 0 Å². The van der Waals surface area contributed by atoms with Crippen molar-refractivity contribution in [2.75, 3.05) is 7.05 Å². The molecule has 160 valence electrons. The van der Waals surface area contributed by atoms with Gasteiger partial charge in [-0.05, 0) is 23.3 Å². The number of ether oxygens (including phenoxy) is 1. The fraction of sp³-hybridized carbons (Fsp3) is 0.391. The molecule has 1 fully saturated rings. The van der Waals surface area contributed by atoms with Crippen LogP contribution in [-0.2, 0) is 22.6 Å². The van der Waals surface area contributed by atoms with Crippen LogP contribution in [0.5, 0.6) is 0 Å². The number of likely N-dealkylation sites (N-methyl/N-ethyl adjacent to an activating group) is 1. The predicted octanol–water partition coefficient (Wildman–Crippen LogP) is 4.98. The highest BCUT2D eigenvalue weighted by atomic mass is 79.9. The highest BCUT2D eigenvalue weighted by Crippen LogP contribution is 2.36. The van der Waals surface area contributed by atoms with Gasteiger partial charge in [0.2, 0.25) is 5.91 Å². The Bertz CT molecular complexity index is 930. The molecular formula is C23H26BrFN2O3. The SMILES string of the molecule is CN1C(=O)[C@H](Cc2ccc(Br)cc2F)N(C(=O)OCc2ccccc2)[C@H]1C(C)(C)C. The first kappa shape index (κ1) is 22.3. The molecule has 0 saturated carbocycles. The number of hydrogen-bond donors (Lipinski definition) is 0. The molecule has 1 saturated heterocycles. The molecule has 1 heterocycles. The molecule has 30 heavy (non-hydrogen) atoms. The summed E-state index contributed by atoms with van der Waals surface area (Å²) in [5.41, 5.74) is 0.816. The van der Waals surface area contributed by atoms with Crippen LogP contribution in [0.3, 0.4) is 0 Å². The minimum atomic E-state index is -0.835. The zero-order chi connectivity index (χ0) is 22.1. The van der Waals surface area contributed by atoms with Crippen LogP contribution < -0.4 is 0 Å². The van der Waals surface area contributed by atoms with Crippen molar-refractivity contribution in [2.45, 2.75) is 46.0 Å². The van der Waals surface area contributed by atoms with Gasteiger partial charge in [-0.2, -0.15) is 0 Å². The number of carbonyl (C=O) groups excluding carboxylic acids is 2. The molecule has 0 bridgehead atoms. The Kier molecular flexibility index (Phi) is 6.50. The molecule has 0 aromatic heterocycles. The van der Waals surface area contributed by atoms with E-state index in [4.69, 9.17) is 4.74 Å². The van der Waals surface area contributed by atoms with Crippen LogP contribution in [0.4, 0.5) is 9.18 Å². The molecule has 0 unspecified atom stereocenters. The summed E-state index contributed by atoms with van der Waals surface area (Å²) >= 11 is 3.24. The molecule has 2 aromatic rings. The van der Waals surface area contributed by atoms with Gasteiger partial charge in [0, 0.05) is 23.4 Å². The average Bonchev–Trinajstić information content (AvgIpc) is 2.94. The number of hydrogen-bond acceptors (Lipinski definition) is 3. The van der Waals surface area contributed by atoms with Crippen LogP contribution in [0.1, 0.15) is 31.9 Å². The van der Waals surface area contributed by atoms with Gasteiger partial charge in [0.05, 0.1) is 0 Å². The topological polar surface area (TPSA) is 49.9 Å². The molecule has 2 atom stereocenters. The molecular weight excluding hydrogens is 451 g/mol. The maximum absolute atomic E-state index is 14.5. The Labute approximate surface area is 184 Å². The Balaban J connectivity index is 1.89. The summed E-state index contributed by atoms with van der Waals surface area (Å²) < 4.78 is 20.6. The van der Waals surface area contributed by atoms with Gasteiger partial charge in [-0.1, -0.05) is 73.1 Å². The number of nitrogens with zero attached hydrogens (tertiary/aromatic N) is 2. The van der Waals surface area contributed by atoms with Crippen molar-refractivity contribution >= 4 is 27.9 Å². The van der Waals surface area contributed by atoms with Crippen LogP contribution in [-0.4, -0.2) is 41.1 Å². The Morgan fingerprint density at radius 1 is 1.17 bits per heavy atom. The fourth-order valence-electron chi connectivity index (χ4n) is 3.93. The third kappa shape index (κ3) is 4.67. The van der Waals surface area contributed by atoms with Crippen LogP contribution in [0.15, 0.2) is 53.0 Å². The molecule has 7 heteroatoms. The van der Waals surface area contributed by atoms with E-state index < -0.39 is 29.5 Å². The minimum absolute atomic E-state index is 0.0787.